The molecule has 2 aliphatic carbocycles. The molecule has 2 saturated carbocycles. The van der Waals surface area contributed by atoms with E-state index in [9.17, 15) is 9.90 Å². The highest BCUT2D eigenvalue weighted by Crippen LogP contribution is 2.41. The fourth-order valence-corrected chi connectivity index (χ4v) is 6.34. The van der Waals surface area contributed by atoms with Gasteiger partial charge in [0, 0.05) is 18.6 Å². The quantitative estimate of drug-likeness (QED) is 0.427. The van der Waals surface area contributed by atoms with E-state index in [2.05, 4.69) is 10.3 Å². The summed E-state index contributed by atoms with van der Waals surface area (Å²) in [5, 5.41) is 10.8. The van der Waals surface area contributed by atoms with Crippen molar-refractivity contribution < 1.29 is 9.90 Å². The minimum absolute atomic E-state index is 0.163. The van der Waals surface area contributed by atoms with Crippen LogP contribution in [0, 0.1) is 0 Å². The van der Waals surface area contributed by atoms with Crippen LogP contribution in [0.2, 0.25) is 0 Å². The Labute approximate surface area is 182 Å². The number of hydrazine groups is 1. The molecule has 0 spiro atoms. The molecule has 0 aliphatic heterocycles. The van der Waals surface area contributed by atoms with Crippen LogP contribution in [0.5, 0.6) is 0 Å². The number of nitrogens with two attached hydrogens (primary N) is 1. The molecule has 0 saturated heterocycles. The van der Waals surface area contributed by atoms with Crippen LogP contribution in [0.3, 0.4) is 0 Å². The van der Waals surface area contributed by atoms with E-state index in [0.717, 1.165) is 21.1 Å². The van der Waals surface area contributed by atoms with Gasteiger partial charge in [-0.05, 0) is 36.8 Å². The first-order chi connectivity index (χ1) is 14.7. The minimum Gasteiger partial charge on any atom is -0.476 e. The van der Waals surface area contributed by atoms with Crippen molar-refractivity contribution in [1.29, 1.82) is 0 Å². The van der Waals surface area contributed by atoms with Crippen LogP contribution in [0.1, 0.15) is 80.3 Å². The second-order valence-electron chi connectivity index (χ2n) is 8.51. The van der Waals surface area contributed by atoms with E-state index in [-0.39, 0.29) is 5.69 Å². The molecular weight excluding hydrogens is 396 g/mol. The molecular formula is C23H32N4O2S. The Morgan fingerprint density at radius 1 is 1.07 bits per heavy atom. The Morgan fingerprint density at radius 2 is 1.67 bits per heavy atom. The first kappa shape index (κ1) is 21.3. The van der Waals surface area contributed by atoms with Gasteiger partial charge in [-0.1, -0.05) is 74.1 Å². The highest BCUT2D eigenvalue weighted by atomic mass is 32.1. The fourth-order valence-electron chi connectivity index (χ4n) is 5.08. The Kier molecular flexibility index (Phi) is 7.02. The van der Waals surface area contributed by atoms with Crippen LogP contribution in [-0.2, 0) is 6.54 Å². The van der Waals surface area contributed by atoms with E-state index in [1.807, 2.05) is 24.3 Å². The number of thiazole rings is 1. The summed E-state index contributed by atoms with van der Waals surface area (Å²) >= 11 is 1.54. The van der Waals surface area contributed by atoms with Gasteiger partial charge in [-0.2, -0.15) is 0 Å². The Bertz CT molecular complexity index is 839. The van der Waals surface area contributed by atoms with E-state index in [1.165, 1.54) is 64.2 Å². The van der Waals surface area contributed by atoms with Gasteiger partial charge in [0.05, 0.1) is 4.88 Å². The maximum Gasteiger partial charge on any atom is 0.356 e. The number of benzene rings is 1. The fraction of sp³-hybridized carbons (Fsp3) is 0.565. The zero-order chi connectivity index (χ0) is 20.9. The summed E-state index contributed by atoms with van der Waals surface area (Å²) in [5.41, 5.74) is 4.76. The Morgan fingerprint density at radius 3 is 2.23 bits per heavy atom. The van der Waals surface area contributed by atoms with Crippen molar-refractivity contribution in [3.8, 4) is 10.4 Å². The van der Waals surface area contributed by atoms with E-state index in [0.29, 0.717) is 18.6 Å². The monoisotopic (exact) mass is 428 g/mol. The standard InChI is InChI=1S/C23H32N4O2S/c24-25-15-16-9-7-8-14-19(16)21-20(22(28)29)26-23(30-21)27(17-10-3-1-4-11-17)18-12-5-2-6-13-18/h7-9,14,17-18,25H,1-6,10-13,15,24H2,(H,28,29). The molecule has 1 aromatic carbocycles. The third-order valence-electron chi connectivity index (χ3n) is 6.53. The van der Waals surface area contributed by atoms with Crippen molar-refractivity contribution in [1.82, 2.24) is 10.4 Å². The summed E-state index contributed by atoms with van der Waals surface area (Å²) in [6, 6.07) is 8.81. The molecule has 1 heterocycles. The number of carbonyl (C=O) groups is 1. The van der Waals surface area contributed by atoms with Crippen molar-refractivity contribution in [3.05, 3.63) is 35.5 Å². The number of nitrogens with zero attached hydrogens (tertiary/aromatic N) is 2. The average molecular weight is 429 g/mol. The molecule has 6 nitrogen and oxygen atoms in total. The zero-order valence-electron chi connectivity index (χ0n) is 17.5. The number of hydrogen-bond donors (Lipinski definition) is 3. The van der Waals surface area contributed by atoms with E-state index in [1.54, 1.807) is 11.3 Å². The van der Waals surface area contributed by atoms with Gasteiger partial charge in [0.25, 0.3) is 0 Å². The average Bonchev–Trinajstić information content (AvgIpc) is 3.21. The number of hydrogen-bond acceptors (Lipinski definition) is 6. The van der Waals surface area contributed by atoms with Crippen molar-refractivity contribution in [2.45, 2.75) is 82.8 Å². The maximum absolute atomic E-state index is 12.1. The molecule has 0 atom stereocenters. The van der Waals surface area contributed by atoms with Crippen LogP contribution >= 0.6 is 11.3 Å². The predicted molar refractivity (Wildman–Crippen MR) is 122 cm³/mol. The van der Waals surface area contributed by atoms with Gasteiger partial charge in [-0.25, -0.2) is 9.78 Å². The molecule has 0 amide bonds. The summed E-state index contributed by atoms with van der Waals surface area (Å²) in [6.07, 6.45) is 12.3. The molecule has 0 radical (unpaired) electrons. The third-order valence-corrected chi connectivity index (χ3v) is 7.63. The number of aromatic carboxylic acids is 1. The molecule has 4 N–H and O–H groups in total. The summed E-state index contributed by atoms with van der Waals surface area (Å²) < 4.78 is 0. The summed E-state index contributed by atoms with van der Waals surface area (Å²) in [7, 11) is 0. The van der Waals surface area contributed by atoms with Gasteiger partial charge >= 0.3 is 5.97 Å². The molecule has 7 heteroatoms. The third kappa shape index (κ3) is 4.53. The van der Waals surface area contributed by atoms with Crippen LogP contribution in [0.25, 0.3) is 10.4 Å². The van der Waals surface area contributed by atoms with E-state index >= 15 is 0 Å². The lowest BCUT2D eigenvalue weighted by molar-refractivity contribution is 0.0692. The second kappa shape index (κ2) is 9.90. The maximum atomic E-state index is 12.1. The first-order valence-electron chi connectivity index (χ1n) is 11.2. The smallest absolute Gasteiger partial charge is 0.356 e. The normalized spacial score (nSPS) is 18.4. The Balaban J connectivity index is 1.76. The largest absolute Gasteiger partial charge is 0.476 e. The number of nitrogens with one attached hydrogen (secondary N) is 1. The van der Waals surface area contributed by atoms with Crippen molar-refractivity contribution in [2.24, 2.45) is 5.84 Å². The van der Waals surface area contributed by atoms with E-state index < -0.39 is 5.97 Å². The first-order valence-corrected chi connectivity index (χ1v) is 12.0. The Hall–Kier alpha value is -1.96. The van der Waals surface area contributed by atoms with E-state index in [4.69, 9.17) is 10.8 Å². The zero-order valence-corrected chi connectivity index (χ0v) is 18.3. The number of carboxylic acids is 1. The van der Waals surface area contributed by atoms with Gasteiger partial charge in [0.1, 0.15) is 0 Å². The van der Waals surface area contributed by atoms with Gasteiger partial charge in [-0.3, -0.25) is 11.3 Å². The summed E-state index contributed by atoms with van der Waals surface area (Å²) in [5.74, 6) is 4.60. The molecule has 0 bridgehead atoms. The molecule has 30 heavy (non-hydrogen) atoms. The molecule has 2 aliphatic rings. The van der Waals surface area contributed by atoms with Gasteiger partial charge in [0.15, 0.2) is 10.8 Å². The van der Waals surface area contributed by atoms with Crippen molar-refractivity contribution >= 4 is 22.4 Å². The lowest BCUT2D eigenvalue weighted by atomic mass is 9.89. The van der Waals surface area contributed by atoms with Crippen molar-refractivity contribution in [2.75, 3.05) is 4.90 Å². The highest BCUT2D eigenvalue weighted by molar-refractivity contribution is 7.19. The minimum atomic E-state index is -0.963. The predicted octanol–water partition coefficient (Wildman–Crippen LogP) is 4.94. The highest BCUT2D eigenvalue weighted by Gasteiger charge is 2.33. The molecule has 4 rings (SSSR count). The molecule has 1 aromatic heterocycles. The lowest BCUT2D eigenvalue weighted by Gasteiger charge is -2.41. The molecule has 2 aromatic rings. The number of aromatic nitrogens is 1. The molecule has 0 unspecified atom stereocenters. The summed E-state index contributed by atoms with van der Waals surface area (Å²) in [6.45, 7) is 0.484. The number of anilines is 1. The molecule has 2 fully saturated rings. The SMILES string of the molecule is NNCc1ccccc1-c1sc(N(C2CCCCC2)C2CCCCC2)nc1C(=O)O. The van der Waals surface area contributed by atoms with Crippen LogP contribution < -0.4 is 16.2 Å². The lowest BCUT2D eigenvalue weighted by Crippen LogP contribution is -2.45. The van der Waals surface area contributed by atoms with Gasteiger partial charge < -0.3 is 10.0 Å². The number of rotatable bonds is 7. The topological polar surface area (TPSA) is 91.5 Å². The van der Waals surface area contributed by atoms with Gasteiger partial charge in [0.2, 0.25) is 0 Å². The van der Waals surface area contributed by atoms with Crippen molar-refractivity contribution in [3.63, 3.8) is 0 Å². The van der Waals surface area contributed by atoms with Crippen LogP contribution in [0.4, 0.5) is 5.13 Å². The van der Waals surface area contributed by atoms with Crippen LogP contribution in [-0.4, -0.2) is 28.1 Å². The second-order valence-corrected chi connectivity index (χ2v) is 9.49. The van der Waals surface area contributed by atoms with Gasteiger partial charge in [-0.15, -0.1) is 0 Å². The van der Waals surface area contributed by atoms with Crippen LogP contribution in [0.15, 0.2) is 24.3 Å². The summed E-state index contributed by atoms with van der Waals surface area (Å²) in [4.78, 5) is 20.1. The molecule has 162 valence electrons. The number of carboxylic acid groups (broad SMARTS) is 1.